The molecule has 0 fully saturated rings. The van der Waals surface area contributed by atoms with Crippen molar-refractivity contribution in [2.75, 3.05) is 0 Å². The third-order valence-electron chi connectivity index (χ3n) is 0. The Morgan fingerprint density at radius 2 is 1.14 bits per heavy atom. The van der Waals surface area contributed by atoms with Crippen molar-refractivity contribution in [3.05, 3.63) is 0 Å². The predicted molar refractivity (Wildman–Crippen MR) is 26.7 cm³/mol. The first-order valence-corrected chi connectivity index (χ1v) is 1.50. The second kappa shape index (κ2) is 16.8. The summed E-state index contributed by atoms with van der Waals surface area (Å²) in [5.74, 6) is 0. The summed E-state index contributed by atoms with van der Waals surface area (Å²) < 4.78 is 25.3. The Bertz CT molecular complexity index is 33.2. The summed E-state index contributed by atoms with van der Waals surface area (Å²) in [6.07, 6.45) is 0. The lowest BCUT2D eigenvalue weighted by atomic mass is 14.0. The van der Waals surface area contributed by atoms with E-state index >= 15 is 0 Å². The van der Waals surface area contributed by atoms with Crippen LogP contribution < -0.4 is 18.5 Å². The highest BCUT2D eigenvalue weighted by molar-refractivity contribution is 7.72. The fraction of sp³-hybridized carbons (Fsp3) is 0. The van der Waals surface area contributed by atoms with Gasteiger partial charge in [0.05, 0.1) is 0 Å². The van der Waals surface area contributed by atoms with Gasteiger partial charge in [0, 0.05) is 0 Å². The first-order chi connectivity index (χ1) is 1.73. The van der Waals surface area contributed by atoms with Crippen molar-refractivity contribution in [1.29, 1.82) is 0 Å². The minimum atomic E-state index is -3.11. The topological polar surface area (TPSA) is 171 Å². The molecule has 0 aromatic rings. The Kier molecular flexibility index (Phi) is 67.7. The van der Waals surface area contributed by atoms with Crippen molar-refractivity contribution < 1.29 is 13.3 Å². The molecule has 7 heteroatoms. The molecule has 0 amide bonds. The summed E-state index contributed by atoms with van der Waals surface area (Å²) in [6, 6.07) is 0. The normalized spacial score (nSPS) is 5.00. The molecular formula is H11N3O3S. The van der Waals surface area contributed by atoms with Crippen LogP contribution in [0.15, 0.2) is 0 Å². The van der Waals surface area contributed by atoms with Crippen LogP contribution in [0.4, 0.5) is 0 Å². The molecule has 0 aliphatic heterocycles. The Morgan fingerprint density at radius 1 is 1.14 bits per heavy atom. The molecule has 0 aliphatic carbocycles. The van der Waals surface area contributed by atoms with Gasteiger partial charge in [-0.2, -0.15) is 0 Å². The third kappa shape index (κ3) is 37100. The highest BCUT2D eigenvalue weighted by Crippen LogP contribution is 1.42. The minimum Gasteiger partial charge on any atom is -0.784 e. The highest BCUT2D eigenvalue weighted by atomic mass is 32.2. The fourth-order valence-corrected chi connectivity index (χ4v) is 0. The first kappa shape index (κ1) is 28.3. The first-order valence-electron chi connectivity index (χ1n) is 0.500. The predicted octanol–water partition coefficient (Wildman–Crippen LogP) is -0.0897. The summed E-state index contributed by atoms with van der Waals surface area (Å²) >= 11 is -3.11. The molecule has 0 aromatic heterocycles. The average molecular weight is 133 g/mol. The smallest absolute Gasteiger partial charge is 0.142 e. The molecule has 0 atom stereocenters. The van der Waals surface area contributed by atoms with Crippen LogP contribution in [0.25, 0.3) is 0 Å². The van der Waals surface area contributed by atoms with Crippen LogP contribution in [0.2, 0.25) is 0 Å². The molecule has 0 bridgehead atoms. The van der Waals surface area contributed by atoms with E-state index in [4.69, 9.17) is 13.3 Å². The summed E-state index contributed by atoms with van der Waals surface area (Å²) in [6.45, 7) is 0. The van der Waals surface area contributed by atoms with Gasteiger partial charge in [-0.3, -0.25) is 4.21 Å². The SMILES string of the molecule is N.O=S([O-])[O-].[NH4+].[NH4+]. The van der Waals surface area contributed by atoms with E-state index in [9.17, 15) is 0 Å². The Balaban J connectivity index is -0.0000000150. The summed E-state index contributed by atoms with van der Waals surface area (Å²) in [7, 11) is 0. The van der Waals surface area contributed by atoms with Crippen molar-refractivity contribution in [2.45, 2.75) is 0 Å². The van der Waals surface area contributed by atoms with E-state index in [1.807, 2.05) is 0 Å². The van der Waals surface area contributed by atoms with Crippen LogP contribution >= 0.6 is 0 Å². The molecule has 50 valence electrons. The Morgan fingerprint density at radius 3 is 1.14 bits per heavy atom. The van der Waals surface area contributed by atoms with Gasteiger partial charge in [-0.25, -0.2) is 0 Å². The second-order valence-corrected chi connectivity index (χ2v) is 0.612. The van der Waals surface area contributed by atoms with E-state index in [0.29, 0.717) is 0 Å². The Labute approximate surface area is 44.2 Å². The molecule has 0 heterocycles. The van der Waals surface area contributed by atoms with Gasteiger partial charge in [0.15, 0.2) is 0 Å². The zero-order valence-electron chi connectivity index (χ0n) is 4.34. The molecule has 6 nitrogen and oxygen atoms in total. The monoisotopic (exact) mass is 133 g/mol. The van der Waals surface area contributed by atoms with Crippen molar-refractivity contribution >= 4 is 11.4 Å². The zero-order valence-corrected chi connectivity index (χ0v) is 5.16. The standard InChI is InChI=1S/3H3N.H2O3S/c;;;1-4(2)3/h3*1H3;(H2,1,2,3). The van der Waals surface area contributed by atoms with Gasteiger partial charge in [0.25, 0.3) is 0 Å². The van der Waals surface area contributed by atoms with Crippen molar-refractivity contribution in [2.24, 2.45) is 0 Å². The third-order valence-corrected chi connectivity index (χ3v) is 0. The van der Waals surface area contributed by atoms with Crippen LogP contribution in [-0.4, -0.2) is 13.3 Å². The van der Waals surface area contributed by atoms with Gasteiger partial charge in [-0.05, 0) is 0 Å². The molecule has 0 aliphatic rings. The molecule has 0 aromatic carbocycles. The van der Waals surface area contributed by atoms with Crippen LogP contribution in [0.5, 0.6) is 0 Å². The van der Waals surface area contributed by atoms with Crippen LogP contribution in [0, 0.1) is 0 Å². The molecule has 0 saturated heterocycles. The maximum atomic E-state index is 8.44. The zero-order chi connectivity index (χ0) is 3.58. The maximum absolute atomic E-state index is 8.44. The minimum absolute atomic E-state index is 0. The van der Waals surface area contributed by atoms with Gasteiger partial charge >= 0.3 is 0 Å². The second-order valence-electron chi connectivity index (χ2n) is 0.204. The lowest BCUT2D eigenvalue weighted by molar-refractivity contribution is 0.419. The lowest BCUT2D eigenvalue weighted by Gasteiger charge is -2.03. The van der Waals surface area contributed by atoms with Crippen LogP contribution in [-0.2, 0) is 11.4 Å². The number of rotatable bonds is 0. The lowest BCUT2D eigenvalue weighted by Crippen LogP contribution is -1.76. The number of hydrogen-bond donors (Lipinski definition) is 3. The van der Waals surface area contributed by atoms with Gasteiger partial charge in [-0.1, -0.05) is 0 Å². The summed E-state index contributed by atoms with van der Waals surface area (Å²) in [4.78, 5) is 0. The molecule has 0 radical (unpaired) electrons. The molecule has 0 saturated carbocycles. The average Bonchev–Trinajstić information content (AvgIpc) is 0.811. The molecule has 11 N–H and O–H groups in total. The fourth-order valence-electron chi connectivity index (χ4n) is 0. The van der Waals surface area contributed by atoms with Gasteiger partial charge in [0.1, 0.15) is 0 Å². The van der Waals surface area contributed by atoms with E-state index in [2.05, 4.69) is 0 Å². The van der Waals surface area contributed by atoms with Gasteiger partial charge in [0.2, 0.25) is 0 Å². The van der Waals surface area contributed by atoms with Gasteiger partial charge in [-0.15, -0.1) is 11.4 Å². The molecule has 0 spiro atoms. The van der Waals surface area contributed by atoms with E-state index in [0.717, 1.165) is 0 Å². The van der Waals surface area contributed by atoms with Crippen molar-refractivity contribution in [3.63, 3.8) is 0 Å². The van der Waals surface area contributed by atoms with Crippen molar-refractivity contribution in [1.82, 2.24) is 18.5 Å². The molecule has 0 unspecified atom stereocenters. The van der Waals surface area contributed by atoms with E-state index in [1.54, 1.807) is 0 Å². The molecular weight excluding hydrogens is 122 g/mol. The largest absolute Gasteiger partial charge is 0.784 e. The maximum Gasteiger partial charge on any atom is -0.142 e. The molecule has 7 heavy (non-hydrogen) atoms. The van der Waals surface area contributed by atoms with Crippen LogP contribution in [0.1, 0.15) is 0 Å². The van der Waals surface area contributed by atoms with E-state index in [-0.39, 0.29) is 18.5 Å². The molecule has 0 rings (SSSR count). The number of hydrogen-bond acceptors (Lipinski definition) is 4. The Hall–Kier alpha value is -0.0500. The quantitative estimate of drug-likeness (QED) is 0.392. The summed E-state index contributed by atoms with van der Waals surface area (Å²) in [5, 5.41) is 0. The number of quaternary nitrogens is 2. The van der Waals surface area contributed by atoms with E-state index in [1.165, 1.54) is 0 Å². The summed E-state index contributed by atoms with van der Waals surface area (Å²) in [5.41, 5.74) is 0. The van der Waals surface area contributed by atoms with E-state index < -0.39 is 11.4 Å². The highest BCUT2D eigenvalue weighted by Gasteiger charge is 1.20. The van der Waals surface area contributed by atoms with Gasteiger partial charge < -0.3 is 27.6 Å². The van der Waals surface area contributed by atoms with Crippen LogP contribution in [0.3, 0.4) is 0 Å². The van der Waals surface area contributed by atoms with Crippen molar-refractivity contribution in [3.8, 4) is 0 Å².